The van der Waals surface area contributed by atoms with Crippen molar-refractivity contribution in [2.75, 3.05) is 13.7 Å². The number of methoxy groups -OCH3 is 1. The van der Waals surface area contributed by atoms with Crippen molar-refractivity contribution in [1.82, 2.24) is 14.7 Å². The Balaban J connectivity index is 1.98. The molecule has 6 nitrogen and oxygen atoms in total. The van der Waals surface area contributed by atoms with E-state index in [1.807, 2.05) is 49.5 Å². The summed E-state index contributed by atoms with van der Waals surface area (Å²) in [6.45, 7) is 7.70. The molecule has 1 N–H and O–H groups in total. The van der Waals surface area contributed by atoms with Gasteiger partial charge in [-0.15, -0.1) is 0 Å². The highest BCUT2D eigenvalue weighted by molar-refractivity contribution is 5.65. The summed E-state index contributed by atoms with van der Waals surface area (Å²) in [5, 5.41) is 15.5. The van der Waals surface area contributed by atoms with Crippen LogP contribution in [0.2, 0.25) is 0 Å². The van der Waals surface area contributed by atoms with Crippen molar-refractivity contribution < 1.29 is 14.6 Å². The van der Waals surface area contributed by atoms with Crippen molar-refractivity contribution in [3.63, 3.8) is 0 Å². The third kappa shape index (κ3) is 6.59. The zero-order chi connectivity index (χ0) is 23.8. The maximum absolute atomic E-state index is 10.6. The van der Waals surface area contributed by atoms with Crippen LogP contribution in [0.5, 0.6) is 17.4 Å². The second-order valence-electron chi connectivity index (χ2n) is 8.72. The summed E-state index contributed by atoms with van der Waals surface area (Å²) in [6, 6.07) is 18.0. The summed E-state index contributed by atoms with van der Waals surface area (Å²) in [5.41, 5.74) is 2.94. The van der Waals surface area contributed by atoms with Crippen molar-refractivity contribution in [3.8, 4) is 28.6 Å². The minimum Gasteiger partial charge on any atom is -0.497 e. The summed E-state index contributed by atoms with van der Waals surface area (Å²) >= 11 is 0. The van der Waals surface area contributed by atoms with Crippen LogP contribution in [0, 0.1) is 0 Å². The molecule has 2 aromatic carbocycles. The van der Waals surface area contributed by atoms with E-state index in [0.29, 0.717) is 24.7 Å². The Bertz CT molecular complexity index is 1000. The summed E-state index contributed by atoms with van der Waals surface area (Å²) < 4.78 is 13.5. The van der Waals surface area contributed by atoms with Crippen LogP contribution in [0.1, 0.15) is 45.6 Å². The number of benzene rings is 2. The van der Waals surface area contributed by atoms with Crippen LogP contribution in [-0.4, -0.2) is 45.6 Å². The lowest BCUT2D eigenvalue weighted by molar-refractivity contribution is 0.0829. The first-order chi connectivity index (χ1) is 15.9. The van der Waals surface area contributed by atoms with Gasteiger partial charge < -0.3 is 14.6 Å². The fourth-order valence-corrected chi connectivity index (χ4v) is 3.89. The largest absolute Gasteiger partial charge is 0.497 e. The first kappa shape index (κ1) is 24.8. The summed E-state index contributed by atoms with van der Waals surface area (Å²) in [4.78, 5) is 2.29. The molecule has 0 bridgehead atoms. The quantitative estimate of drug-likeness (QED) is 0.386. The van der Waals surface area contributed by atoms with Gasteiger partial charge in [0.05, 0.1) is 18.8 Å². The van der Waals surface area contributed by atoms with Crippen LogP contribution in [0.15, 0.2) is 54.6 Å². The van der Waals surface area contributed by atoms with Gasteiger partial charge >= 0.3 is 0 Å². The van der Waals surface area contributed by atoms with Gasteiger partial charge in [0.1, 0.15) is 17.2 Å². The zero-order valence-corrected chi connectivity index (χ0v) is 20.5. The topological polar surface area (TPSA) is 59.8 Å². The highest BCUT2D eigenvalue weighted by atomic mass is 16.5. The minimum atomic E-state index is -0.355. The van der Waals surface area contributed by atoms with E-state index < -0.39 is 0 Å². The van der Waals surface area contributed by atoms with Crippen molar-refractivity contribution in [1.29, 1.82) is 0 Å². The monoisotopic (exact) mass is 451 g/mol. The number of hydrogen-bond acceptors (Lipinski definition) is 5. The van der Waals surface area contributed by atoms with Crippen LogP contribution in [0.4, 0.5) is 0 Å². The van der Waals surface area contributed by atoms with Gasteiger partial charge in [-0.2, -0.15) is 5.10 Å². The molecule has 0 aliphatic heterocycles. The van der Waals surface area contributed by atoms with E-state index in [0.717, 1.165) is 41.8 Å². The lowest BCUT2D eigenvalue weighted by Gasteiger charge is -2.29. The molecule has 0 fully saturated rings. The number of unbranched alkanes of at least 4 members (excludes halogenated alkanes) is 1. The number of aryl methyl sites for hydroxylation is 1. The van der Waals surface area contributed by atoms with E-state index in [-0.39, 0.29) is 12.1 Å². The van der Waals surface area contributed by atoms with Crippen LogP contribution < -0.4 is 9.47 Å². The molecule has 0 saturated heterocycles. The fraction of sp³-hybridized carbons (Fsp3) is 0.444. The molecule has 0 aliphatic carbocycles. The molecule has 1 aromatic heterocycles. The fourth-order valence-electron chi connectivity index (χ4n) is 3.89. The van der Waals surface area contributed by atoms with Gasteiger partial charge in [0.15, 0.2) is 0 Å². The van der Waals surface area contributed by atoms with Crippen molar-refractivity contribution in [2.24, 2.45) is 7.05 Å². The van der Waals surface area contributed by atoms with Gasteiger partial charge in [-0.05, 0) is 32.4 Å². The molecule has 0 radical (unpaired) electrons. The molecular weight excluding hydrogens is 414 g/mol. The van der Waals surface area contributed by atoms with E-state index in [9.17, 15) is 5.11 Å². The van der Waals surface area contributed by atoms with E-state index in [2.05, 4.69) is 37.8 Å². The second-order valence-corrected chi connectivity index (χ2v) is 8.72. The molecule has 0 aliphatic rings. The molecule has 1 atom stereocenters. The van der Waals surface area contributed by atoms with E-state index >= 15 is 0 Å². The minimum absolute atomic E-state index is 0.259. The third-order valence-electron chi connectivity index (χ3n) is 5.82. The maximum Gasteiger partial charge on any atom is 0.222 e. The van der Waals surface area contributed by atoms with Gasteiger partial charge in [0.25, 0.3) is 0 Å². The van der Waals surface area contributed by atoms with Gasteiger partial charge in [-0.25, -0.2) is 4.68 Å². The lowest BCUT2D eigenvalue weighted by Crippen LogP contribution is -2.37. The number of aliphatic hydroxyl groups excluding tert-OH is 1. The molecule has 3 aromatic rings. The van der Waals surface area contributed by atoms with E-state index in [4.69, 9.17) is 14.6 Å². The van der Waals surface area contributed by atoms with Crippen LogP contribution >= 0.6 is 0 Å². The first-order valence-electron chi connectivity index (χ1n) is 11.8. The average molecular weight is 452 g/mol. The lowest BCUT2D eigenvalue weighted by atomic mass is 10.1. The Hall–Kier alpha value is -2.83. The molecular formula is C27H37N3O3. The Morgan fingerprint density at radius 2 is 1.79 bits per heavy atom. The highest BCUT2D eigenvalue weighted by Gasteiger charge is 2.24. The Morgan fingerprint density at radius 3 is 2.45 bits per heavy atom. The molecule has 178 valence electrons. The standard InChI is InChI=1S/C27H37N3O3/c1-6-7-14-22(31)18-30(20(2)3)19-25-26(21-12-9-8-10-13-21)28-29(4)27(25)33-24-16-11-15-23(17-24)32-5/h8-13,15-17,20,22,31H,6-7,14,18-19H2,1-5H3/t22-/m0/s1. The van der Waals surface area contributed by atoms with Crippen LogP contribution in [0.3, 0.4) is 0 Å². The zero-order valence-electron chi connectivity index (χ0n) is 20.5. The third-order valence-corrected chi connectivity index (χ3v) is 5.82. The normalized spacial score (nSPS) is 12.4. The summed E-state index contributed by atoms with van der Waals surface area (Å²) in [5.74, 6) is 2.12. The molecule has 0 saturated carbocycles. The number of aromatic nitrogens is 2. The van der Waals surface area contributed by atoms with Crippen molar-refractivity contribution >= 4 is 0 Å². The number of ether oxygens (including phenoxy) is 2. The van der Waals surface area contributed by atoms with Gasteiger partial charge in [-0.3, -0.25) is 4.90 Å². The SMILES string of the molecule is CCCC[C@H](O)CN(Cc1c(-c2ccccc2)nn(C)c1Oc1cccc(OC)c1)C(C)C. The molecule has 0 amide bonds. The van der Waals surface area contributed by atoms with E-state index in [1.54, 1.807) is 11.8 Å². The maximum atomic E-state index is 10.6. The Kier molecular flexibility index (Phi) is 8.92. The second kappa shape index (κ2) is 11.9. The predicted molar refractivity (Wildman–Crippen MR) is 133 cm³/mol. The highest BCUT2D eigenvalue weighted by Crippen LogP contribution is 2.35. The summed E-state index contributed by atoms with van der Waals surface area (Å²) in [7, 11) is 3.55. The van der Waals surface area contributed by atoms with Gasteiger partial charge in [-0.1, -0.05) is 56.2 Å². The molecule has 0 unspecified atom stereocenters. The molecule has 33 heavy (non-hydrogen) atoms. The molecule has 0 spiro atoms. The van der Waals surface area contributed by atoms with Gasteiger partial charge in [0.2, 0.25) is 5.88 Å². The summed E-state index contributed by atoms with van der Waals surface area (Å²) in [6.07, 6.45) is 2.56. The Labute approximate surface area is 197 Å². The molecule has 1 heterocycles. The predicted octanol–water partition coefficient (Wildman–Crippen LogP) is 5.65. The van der Waals surface area contributed by atoms with Crippen molar-refractivity contribution in [2.45, 2.75) is 58.7 Å². The molecule has 3 rings (SSSR count). The number of aliphatic hydroxyl groups is 1. The van der Waals surface area contributed by atoms with E-state index in [1.165, 1.54) is 0 Å². The average Bonchev–Trinajstić information content (AvgIpc) is 3.12. The Morgan fingerprint density at radius 1 is 1.06 bits per heavy atom. The first-order valence-corrected chi connectivity index (χ1v) is 11.8. The molecule has 6 heteroatoms. The van der Waals surface area contributed by atoms with Crippen molar-refractivity contribution in [3.05, 3.63) is 60.2 Å². The number of hydrogen-bond donors (Lipinski definition) is 1. The van der Waals surface area contributed by atoms with Crippen LogP contribution in [0.25, 0.3) is 11.3 Å². The number of nitrogens with zero attached hydrogens (tertiary/aromatic N) is 3. The number of rotatable bonds is 12. The smallest absolute Gasteiger partial charge is 0.222 e. The van der Waals surface area contributed by atoms with Gasteiger partial charge in [0, 0.05) is 37.8 Å². The van der Waals surface area contributed by atoms with Crippen LogP contribution in [-0.2, 0) is 13.6 Å².